The highest BCUT2D eigenvalue weighted by molar-refractivity contribution is 5.70. The van der Waals surface area contributed by atoms with E-state index in [-0.39, 0.29) is 42.3 Å². The lowest BCUT2D eigenvalue weighted by atomic mass is 10.2. The molecule has 2 saturated heterocycles. The predicted molar refractivity (Wildman–Crippen MR) is 90.5 cm³/mol. The number of carbonyl (C=O) groups is 2. The minimum Gasteiger partial charge on any atom is -1.00 e. The number of carbonyl (C=O) groups excluding carboxylic acids is 2. The van der Waals surface area contributed by atoms with Gasteiger partial charge in [-0.2, -0.15) is 0 Å². The molecule has 0 saturated carbocycles. The van der Waals surface area contributed by atoms with Gasteiger partial charge in [0.15, 0.2) is 6.17 Å². The van der Waals surface area contributed by atoms with Crippen molar-refractivity contribution < 1.29 is 47.5 Å². The maximum absolute atomic E-state index is 12.5. The van der Waals surface area contributed by atoms with Crippen LogP contribution in [0.4, 0.5) is 9.59 Å². The molecule has 146 valence electrons. The fraction of sp³-hybridized carbons (Fsp3) is 0.882. The van der Waals surface area contributed by atoms with E-state index in [4.69, 9.17) is 9.47 Å². The zero-order valence-corrected chi connectivity index (χ0v) is 18.6. The molecule has 2 aliphatic rings. The number of piperazine rings is 1. The van der Waals surface area contributed by atoms with Gasteiger partial charge in [-0.05, 0) is 41.5 Å². The Balaban J connectivity index is 0.00000312. The Morgan fingerprint density at radius 1 is 0.920 bits per heavy atom. The van der Waals surface area contributed by atoms with Crippen LogP contribution >= 0.6 is 0 Å². The highest BCUT2D eigenvalue weighted by Gasteiger charge is 2.51. The molecule has 2 aliphatic heterocycles. The third kappa shape index (κ3) is 5.60. The summed E-state index contributed by atoms with van der Waals surface area (Å²) in [5.74, 6) is 0. The van der Waals surface area contributed by atoms with Crippen LogP contribution in [0.15, 0.2) is 0 Å². The molecular formula is C17H32IN3O4. The average Bonchev–Trinajstić information content (AvgIpc) is 2.71. The molecule has 0 aromatic heterocycles. The van der Waals surface area contributed by atoms with Gasteiger partial charge in [-0.25, -0.2) is 9.59 Å². The van der Waals surface area contributed by atoms with E-state index in [1.54, 1.807) is 9.80 Å². The zero-order valence-electron chi connectivity index (χ0n) is 16.5. The van der Waals surface area contributed by atoms with Gasteiger partial charge in [-0.1, -0.05) is 0 Å². The van der Waals surface area contributed by atoms with Crippen molar-refractivity contribution in [1.29, 1.82) is 0 Å². The van der Waals surface area contributed by atoms with Crippen molar-refractivity contribution >= 4 is 12.2 Å². The first-order chi connectivity index (χ1) is 10.8. The fourth-order valence-corrected chi connectivity index (χ4v) is 3.19. The summed E-state index contributed by atoms with van der Waals surface area (Å²) in [6, 6.07) is 0. The predicted octanol–water partition coefficient (Wildman–Crippen LogP) is -0.735. The van der Waals surface area contributed by atoms with Crippen molar-refractivity contribution in [2.45, 2.75) is 58.9 Å². The van der Waals surface area contributed by atoms with E-state index < -0.39 is 11.2 Å². The number of hydrogen-bond donors (Lipinski definition) is 0. The topological polar surface area (TPSA) is 59.1 Å². The molecule has 25 heavy (non-hydrogen) atoms. The monoisotopic (exact) mass is 469 g/mol. The summed E-state index contributed by atoms with van der Waals surface area (Å²) in [5.41, 5.74) is -1.05. The lowest BCUT2D eigenvalue weighted by molar-refractivity contribution is -0.929. The molecule has 0 N–H and O–H groups in total. The molecule has 0 aromatic carbocycles. The third-order valence-corrected chi connectivity index (χ3v) is 4.48. The minimum absolute atomic E-state index is 0. The molecule has 8 heteroatoms. The molecular weight excluding hydrogens is 437 g/mol. The van der Waals surface area contributed by atoms with E-state index >= 15 is 0 Å². The molecule has 2 atom stereocenters. The summed E-state index contributed by atoms with van der Waals surface area (Å²) in [4.78, 5) is 28.4. The summed E-state index contributed by atoms with van der Waals surface area (Å²) in [6.07, 6.45) is -0.703. The van der Waals surface area contributed by atoms with Crippen molar-refractivity contribution in [2.75, 3.05) is 39.8 Å². The molecule has 0 bridgehead atoms. The van der Waals surface area contributed by atoms with Crippen LogP contribution in [-0.4, -0.2) is 83.6 Å². The van der Waals surface area contributed by atoms with E-state index in [2.05, 4.69) is 7.05 Å². The average molecular weight is 469 g/mol. The van der Waals surface area contributed by atoms with Gasteiger partial charge in [0.1, 0.15) is 11.2 Å². The number of nitrogens with zero attached hydrogens (tertiary/aromatic N) is 3. The molecule has 2 heterocycles. The second kappa shape index (κ2) is 7.46. The SMILES string of the molecule is CC(C)(C)OC(=O)N1CC[N+]2(C)CCN(C(=O)OC(C)(C)C)C2C1.[I-]. The normalized spacial score (nSPS) is 26.6. The first-order valence-electron chi connectivity index (χ1n) is 8.62. The van der Waals surface area contributed by atoms with Crippen LogP contribution in [0.1, 0.15) is 41.5 Å². The summed E-state index contributed by atoms with van der Waals surface area (Å²) in [6.45, 7) is 14.6. The number of rotatable bonds is 0. The van der Waals surface area contributed by atoms with Gasteiger partial charge >= 0.3 is 12.2 Å². The lowest BCUT2D eigenvalue weighted by Crippen LogP contribution is -3.00. The van der Waals surface area contributed by atoms with Crippen molar-refractivity contribution in [1.82, 2.24) is 9.80 Å². The standard InChI is InChI=1S/C17H32N3O4.HI/c1-16(2,3)23-14(21)18-8-10-20(7)11-9-19(13(20)12-18)15(22)24-17(4,5)6;/h13H,8-12H2,1-7H3;1H/q+1;/p-1. The molecule has 2 unspecified atom stereocenters. The van der Waals surface area contributed by atoms with Crippen molar-refractivity contribution in [3.63, 3.8) is 0 Å². The number of likely N-dealkylation sites (N-methyl/N-ethyl adjacent to an activating group) is 1. The minimum atomic E-state index is -0.525. The first kappa shape index (κ1) is 22.3. The number of amides is 2. The smallest absolute Gasteiger partial charge is 0.415 e. The van der Waals surface area contributed by atoms with Crippen molar-refractivity contribution in [2.24, 2.45) is 0 Å². The number of fused-ring (bicyclic) bond motifs is 1. The Hall–Kier alpha value is -0.770. The van der Waals surface area contributed by atoms with E-state index in [0.29, 0.717) is 19.6 Å². The highest BCUT2D eigenvalue weighted by atomic mass is 127. The number of ether oxygens (including phenoxy) is 2. The summed E-state index contributed by atoms with van der Waals surface area (Å²) < 4.78 is 11.8. The van der Waals surface area contributed by atoms with Gasteiger partial charge in [0.2, 0.25) is 0 Å². The van der Waals surface area contributed by atoms with Gasteiger partial charge in [-0.3, -0.25) is 9.80 Å². The van der Waals surface area contributed by atoms with Crippen LogP contribution in [0.5, 0.6) is 0 Å². The second-order valence-corrected chi connectivity index (χ2v) is 9.01. The number of halogens is 1. The molecule has 2 amide bonds. The Bertz CT molecular complexity index is 515. The van der Waals surface area contributed by atoms with Crippen LogP contribution in [-0.2, 0) is 9.47 Å². The fourth-order valence-electron chi connectivity index (χ4n) is 3.19. The molecule has 2 rings (SSSR count). The Kier molecular flexibility index (Phi) is 6.65. The van der Waals surface area contributed by atoms with Crippen LogP contribution in [0.25, 0.3) is 0 Å². The van der Waals surface area contributed by atoms with Gasteiger partial charge in [0, 0.05) is 0 Å². The lowest BCUT2D eigenvalue weighted by Gasteiger charge is -2.45. The van der Waals surface area contributed by atoms with Crippen LogP contribution in [0.3, 0.4) is 0 Å². The summed E-state index contributed by atoms with van der Waals surface area (Å²) in [5, 5.41) is 0. The maximum atomic E-state index is 12.5. The maximum Gasteiger partial charge on any atom is 0.415 e. The highest BCUT2D eigenvalue weighted by Crippen LogP contribution is 2.29. The Labute approximate surface area is 168 Å². The molecule has 0 spiro atoms. The number of quaternary nitrogens is 1. The summed E-state index contributed by atoms with van der Waals surface area (Å²) >= 11 is 0. The van der Waals surface area contributed by atoms with E-state index in [0.717, 1.165) is 17.6 Å². The molecule has 0 aromatic rings. The number of hydrogen-bond acceptors (Lipinski definition) is 4. The zero-order chi connectivity index (χ0) is 18.3. The van der Waals surface area contributed by atoms with Crippen molar-refractivity contribution in [3.8, 4) is 0 Å². The van der Waals surface area contributed by atoms with Gasteiger partial charge in [0.05, 0.1) is 39.8 Å². The second-order valence-electron chi connectivity index (χ2n) is 9.01. The van der Waals surface area contributed by atoms with Gasteiger partial charge in [-0.15, -0.1) is 0 Å². The third-order valence-electron chi connectivity index (χ3n) is 4.48. The molecule has 0 radical (unpaired) electrons. The van der Waals surface area contributed by atoms with E-state index in [1.165, 1.54) is 0 Å². The van der Waals surface area contributed by atoms with Crippen LogP contribution < -0.4 is 24.0 Å². The van der Waals surface area contributed by atoms with Crippen LogP contribution in [0, 0.1) is 0 Å². The van der Waals surface area contributed by atoms with Crippen LogP contribution in [0.2, 0.25) is 0 Å². The van der Waals surface area contributed by atoms with E-state index in [9.17, 15) is 9.59 Å². The largest absolute Gasteiger partial charge is 1.00 e. The van der Waals surface area contributed by atoms with E-state index in [1.807, 2.05) is 41.5 Å². The molecule has 2 fully saturated rings. The van der Waals surface area contributed by atoms with Gasteiger partial charge in [0.25, 0.3) is 0 Å². The molecule has 7 nitrogen and oxygen atoms in total. The van der Waals surface area contributed by atoms with Crippen molar-refractivity contribution in [3.05, 3.63) is 0 Å². The quantitative estimate of drug-likeness (QED) is 0.347. The Morgan fingerprint density at radius 2 is 1.40 bits per heavy atom. The van der Waals surface area contributed by atoms with Gasteiger partial charge < -0.3 is 37.9 Å². The summed E-state index contributed by atoms with van der Waals surface area (Å²) in [7, 11) is 2.14. The Morgan fingerprint density at radius 3 is 1.92 bits per heavy atom. The first-order valence-corrected chi connectivity index (χ1v) is 8.62. The molecule has 0 aliphatic carbocycles.